The van der Waals surface area contributed by atoms with Crippen molar-refractivity contribution in [3.63, 3.8) is 0 Å². The van der Waals surface area contributed by atoms with Crippen molar-refractivity contribution in [2.75, 3.05) is 6.54 Å². The van der Waals surface area contributed by atoms with Gasteiger partial charge in [-0.2, -0.15) is 0 Å². The normalized spacial score (nSPS) is 32.1. The molecular weight excluding hydrogens is 360 g/mol. The highest BCUT2D eigenvalue weighted by Gasteiger charge is 2.55. The number of benzene rings is 1. The van der Waals surface area contributed by atoms with Crippen LogP contribution in [0, 0.1) is 29.1 Å². The summed E-state index contributed by atoms with van der Waals surface area (Å²) in [6, 6.07) is 9.77. The smallest absolute Gasteiger partial charge is 0.242 e. The molecule has 0 heterocycles. The van der Waals surface area contributed by atoms with Crippen molar-refractivity contribution in [1.29, 1.82) is 0 Å². The zero-order valence-corrected chi connectivity index (χ0v) is 18.1. The molecule has 4 aliphatic rings. The van der Waals surface area contributed by atoms with E-state index in [2.05, 4.69) is 29.7 Å². The predicted molar refractivity (Wildman–Crippen MR) is 115 cm³/mol. The van der Waals surface area contributed by atoms with Gasteiger partial charge in [0.2, 0.25) is 11.8 Å². The monoisotopic (exact) mass is 396 g/mol. The molecule has 0 spiro atoms. The van der Waals surface area contributed by atoms with Crippen LogP contribution in [0.15, 0.2) is 30.3 Å². The lowest BCUT2D eigenvalue weighted by Crippen LogP contribution is -2.58. The number of carbonyl (C=O) groups excluding carboxylic acids is 2. The molecule has 1 aromatic carbocycles. The highest BCUT2D eigenvalue weighted by molar-refractivity contribution is 5.90. The van der Waals surface area contributed by atoms with Gasteiger partial charge in [-0.15, -0.1) is 0 Å². The number of rotatable bonds is 7. The molecule has 1 aromatic rings. The van der Waals surface area contributed by atoms with E-state index in [1.165, 1.54) is 24.8 Å². The van der Waals surface area contributed by atoms with Crippen LogP contribution in [0.1, 0.15) is 70.8 Å². The minimum atomic E-state index is -0.460. The Kier molecular flexibility index (Phi) is 5.72. The van der Waals surface area contributed by atoms with Gasteiger partial charge in [0.05, 0.1) is 0 Å². The highest BCUT2D eigenvalue weighted by atomic mass is 16.2. The topological polar surface area (TPSA) is 58.2 Å². The molecule has 0 unspecified atom stereocenters. The first-order valence-electron chi connectivity index (χ1n) is 11.5. The average Bonchev–Trinajstić information content (AvgIpc) is 2.69. The van der Waals surface area contributed by atoms with E-state index in [4.69, 9.17) is 0 Å². The maximum Gasteiger partial charge on any atom is 0.242 e. The second-order valence-corrected chi connectivity index (χ2v) is 10.4. The van der Waals surface area contributed by atoms with E-state index in [1.807, 2.05) is 32.0 Å². The molecule has 29 heavy (non-hydrogen) atoms. The average molecular weight is 397 g/mol. The molecule has 158 valence electrons. The molecule has 4 fully saturated rings. The van der Waals surface area contributed by atoms with Crippen LogP contribution in [0.3, 0.4) is 0 Å². The number of nitrogens with one attached hydrogen (secondary N) is 2. The van der Waals surface area contributed by atoms with Crippen molar-refractivity contribution in [3.8, 4) is 0 Å². The van der Waals surface area contributed by atoms with Crippen molar-refractivity contribution in [2.45, 2.75) is 71.3 Å². The molecule has 4 aliphatic carbocycles. The van der Waals surface area contributed by atoms with E-state index in [1.54, 1.807) is 0 Å². The summed E-state index contributed by atoms with van der Waals surface area (Å²) < 4.78 is 0. The van der Waals surface area contributed by atoms with E-state index in [-0.39, 0.29) is 29.1 Å². The summed E-state index contributed by atoms with van der Waals surface area (Å²) in [5.41, 5.74) is 1.01. The van der Waals surface area contributed by atoms with Gasteiger partial charge in [-0.1, -0.05) is 51.1 Å². The summed E-state index contributed by atoms with van der Waals surface area (Å²) in [6.07, 6.45) is 7.04. The van der Waals surface area contributed by atoms with Crippen LogP contribution in [0.25, 0.3) is 0 Å². The molecule has 0 saturated heterocycles. The first-order chi connectivity index (χ1) is 13.9. The van der Waals surface area contributed by atoms with Gasteiger partial charge in [-0.3, -0.25) is 9.59 Å². The number of carbonyl (C=O) groups is 2. The van der Waals surface area contributed by atoms with Crippen molar-refractivity contribution >= 4 is 11.8 Å². The van der Waals surface area contributed by atoms with Crippen LogP contribution in [0.5, 0.6) is 0 Å². The zero-order valence-electron chi connectivity index (χ0n) is 18.1. The van der Waals surface area contributed by atoms with Gasteiger partial charge in [-0.25, -0.2) is 0 Å². The maximum atomic E-state index is 13.4. The van der Waals surface area contributed by atoms with Gasteiger partial charge in [-0.05, 0) is 73.7 Å². The third kappa shape index (κ3) is 4.22. The van der Waals surface area contributed by atoms with E-state index in [0.717, 1.165) is 37.0 Å². The third-order valence-corrected chi connectivity index (χ3v) is 7.71. The standard InChI is InChI=1S/C25H36N2O2/c1-16(2)22(23(28)26-15-17(3)21-7-5-4-6-8-21)27-24(29)25-12-18-9-19(13-25)11-20(10-18)14-25/h4-8,16-20,22H,9-15H2,1-3H3,(H,26,28)(H,27,29)/t17-,18?,19?,20?,22-,25?/m1/s1. The third-order valence-electron chi connectivity index (χ3n) is 7.71. The van der Waals surface area contributed by atoms with Crippen LogP contribution in [0.4, 0.5) is 0 Å². The van der Waals surface area contributed by atoms with Crippen molar-refractivity contribution < 1.29 is 9.59 Å². The predicted octanol–water partition coefficient (Wildman–Crippen LogP) is 4.26. The first-order valence-corrected chi connectivity index (χ1v) is 11.5. The van der Waals surface area contributed by atoms with Crippen LogP contribution in [-0.2, 0) is 9.59 Å². The van der Waals surface area contributed by atoms with Gasteiger partial charge < -0.3 is 10.6 Å². The fourth-order valence-corrected chi connectivity index (χ4v) is 6.48. The number of hydrogen-bond donors (Lipinski definition) is 2. The quantitative estimate of drug-likeness (QED) is 0.723. The molecule has 2 atom stereocenters. The lowest BCUT2D eigenvalue weighted by molar-refractivity contribution is -0.149. The Morgan fingerprint density at radius 2 is 1.52 bits per heavy atom. The summed E-state index contributed by atoms with van der Waals surface area (Å²) >= 11 is 0. The van der Waals surface area contributed by atoms with Crippen LogP contribution < -0.4 is 10.6 Å². The fourth-order valence-electron chi connectivity index (χ4n) is 6.48. The SMILES string of the molecule is CC(C)[C@@H](NC(=O)C12CC3CC(CC(C3)C1)C2)C(=O)NC[C@@H](C)c1ccccc1. The largest absolute Gasteiger partial charge is 0.354 e. The van der Waals surface area contributed by atoms with Crippen molar-refractivity contribution in [3.05, 3.63) is 35.9 Å². The minimum Gasteiger partial charge on any atom is -0.354 e. The molecule has 4 bridgehead atoms. The van der Waals surface area contributed by atoms with Gasteiger partial charge in [0, 0.05) is 12.0 Å². The summed E-state index contributed by atoms with van der Waals surface area (Å²) in [4.78, 5) is 26.3. The van der Waals surface area contributed by atoms with Crippen molar-refractivity contribution in [1.82, 2.24) is 10.6 Å². The molecule has 0 aliphatic heterocycles. The number of hydrogen-bond acceptors (Lipinski definition) is 2. The van der Waals surface area contributed by atoms with Crippen LogP contribution >= 0.6 is 0 Å². The summed E-state index contributed by atoms with van der Waals surface area (Å²) in [5, 5.41) is 6.27. The van der Waals surface area contributed by atoms with Crippen LogP contribution in [-0.4, -0.2) is 24.4 Å². The Bertz CT molecular complexity index is 707. The second-order valence-electron chi connectivity index (χ2n) is 10.4. The zero-order chi connectivity index (χ0) is 20.6. The fraction of sp³-hybridized carbons (Fsp3) is 0.680. The van der Waals surface area contributed by atoms with E-state index in [0.29, 0.717) is 6.54 Å². The molecule has 0 aromatic heterocycles. The summed E-state index contributed by atoms with van der Waals surface area (Å²) in [5.74, 6) is 2.58. The highest BCUT2D eigenvalue weighted by Crippen LogP contribution is 2.60. The molecular formula is C25H36N2O2. The first kappa shape index (κ1) is 20.4. The summed E-state index contributed by atoms with van der Waals surface area (Å²) in [6.45, 7) is 6.74. The number of amides is 2. The van der Waals surface area contributed by atoms with E-state index >= 15 is 0 Å². The van der Waals surface area contributed by atoms with Gasteiger partial charge in [0.25, 0.3) is 0 Å². The van der Waals surface area contributed by atoms with E-state index < -0.39 is 6.04 Å². The molecule has 5 rings (SSSR count). The Morgan fingerprint density at radius 3 is 2.03 bits per heavy atom. The van der Waals surface area contributed by atoms with E-state index in [9.17, 15) is 9.59 Å². The Hall–Kier alpha value is -1.84. The Morgan fingerprint density at radius 1 is 0.966 bits per heavy atom. The summed E-state index contributed by atoms with van der Waals surface area (Å²) in [7, 11) is 0. The van der Waals surface area contributed by atoms with Crippen LogP contribution in [0.2, 0.25) is 0 Å². The van der Waals surface area contributed by atoms with Gasteiger partial charge in [0.1, 0.15) is 6.04 Å². The van der Waals surface area contributed by atoms with Gasteiger partial charge in [0.15, 0.2) is 0 Å². The molecule has 4 nitrogen and oxygen atoms in total. The van der Waals surface area contributed by atoms with Crippen molar-refractivity contribution in [2.24, 2.45) is 29.1 Å². The molecule has 4 saturated carbocycles. The second kappa shape index (κ2) is 8.12. The molecule has 0 radical (unpaired) electrons. The Labute approximate surface area is 175 Å². The molecule has 4 heteroatoms. The molecule has 2 N–H and O–H groups in total. The molecule has 2 amide bonds. The Balaban J connectivity index is 1.37. The minimum absolute atomic E-state index is 0.0548. The maximum absolute atomic E-state index is 13.4. The van der Waals surface area contributed by atoms with Gasteiger partial charge >= 0.3 is 0 Å². The lowest BCUT2D eigenvalue weighted by atomic mass is 9.49. The lowest BCUT2D eigenvalue weighted by Gasteiger charge is -2.55.